The topological polar surface area (TPSA) is 85.0 Å². The molecule has 0 aliphatic carbocycles. The number of fused-ring (bicyclic) bond motifs is 2. The molecule has 0 saturated carbocycles. The van der Waals surface area contributed by atoms with Crippen molar-refractivity contribution in [1.82, 2.24) is 34.3 Å². The van der Waals surface area contributed by atoms with Crippen LogP contribution in [0.25, 0.3) is 22.1 Å². The summed E-state index contributed by atoms with van der Waals surface area (Å²) >= 11 is 0. The first kappa shape index (κ1) is 20.6. The lowest BCUT2D eigenvalue weighted by molar-refractivity contribution is 0.103. The molecule has 166 valence electrons. The minimum Gasteiger partial charge on any atom is -0.292 e. The predicted octanol–water partition coefficient (Wildman–Crippen LogP) is 2.17. The van der Waals surface area contributed by atoms with Crippen molar-refractivity contribution in [3.8, 4) is 0 Å². The van der Waals surface area contributed by atoms with Gasteiger partial charge in [0.05, 0.1) is 47.2 Å². The van der Waals surface area contributed by atoms with Gasteiger partial charge in [0.25, 0.3) is 0 Å². The van der Waals surface area contributed by atoms with Gasteiger partial charge >= 0.3 is 5.69 Å². The van der Waals surface area contributed by atoms with Crippen molar-refractivity contribution in [2.75, 3.05) is 18.1 Å². The molecule has 4 aromatic rings. The molecule has 1 aromatic carbocycles. The highest BCUT2D eigenvalue weighted by Crippen LogP contribution is 2.28. The van der Waals surface area contributed by atoms with E-state index in [1.165, 1.54) is 10.1 Å². The first-order valence-corrected chi connectivity index (χ1v) is 11.0. The molecule has 4 heterocycles. The van der Waals surface area contributed by atoms with Gasteiger partial charge in [0.2, 0.25) is 0 Å². The molecule has 1 aliphatic heterocycles. The third kappa shape index (κ3) is 3.42. The highest BCUT2D eigenvalue weighted by atomic mass is 16.1. The van der Waals surface area contributed by atoms with Gasteiger partial charge in [-0.05, 0) is 45.4 Å². The average Bonchev–Trinajstić information content (AvgIpc) is 3.21. The molecule has 0 amide bonds. The van der Waals surface area contributed by atoms with Gasteiger partial charge in [-0.15, -0.1) is 5.10 Å². The summed E-state index contributed by atoms with van der Waals surface area (Å²) in [5, 5.41) is 6.94. The van der Waals surface area contributed by atoms with E-state index in [2.05, 4.69) is 68.9 Å². The molecule has 5 rings (SSSR count). The molecular formula is C23H28N8O. The summed E-state index contributed by atoms with van der Waals surface area (Å²) in [5.74, 6) is 0. The van der Waals surface area contributed by atoms with Crippen LogP contribution in [0.1, 0.15) is 38.1 Å². The van der Waals surface area contributed by atoms with Crippen LogP contribution in [0.15, 0.2) is 41.6 Å². The van der Waals surface area contributed by atoms with E-state index < -0.39 is 0 Å². The molecular weight excluding hydrogens is 404 g/mol. The van der Waals surface area contributed by atoms with E-state index in [9.17, 15) is 4.79 Å². The number of hydrogen-bond donors (Lipinski definition) is 0. The van der Waals surface area contributed by atoms with Crippen LogP contribution < -0.4 is 10.7 Å². The van der Waals surface area contributed by atoms with Crippen LogP contribution in [0, 0.1) is 6.92 Å². The minimum absolute atomic E-state index is 0.246. The number of benzene rings is 1. The van der Waals surface area contributed by atoms with Gasteiger partial charge in [0.15, 0.2) is 0 Å². The zero-order valence-corrected chi connectivity index (χ0v) is 19.1. The number of aryl methyl sites for hydroxylation is 2. The maximum absolute atomic E-state index is 11.9. The van der Waals surface area contributed by atoms with Crippen LogP contribution in [0.3, 0.4) is 0 Å². The Morgan fingerprint density at radius 1 is 1.03 bits per heavy atom. The third-order valence-electron chi connectivity index (χ3n) is 6.59. The van der Waals surface area contributed by atoms with E-state index in [0.29, 0.717) is 6.04 Å². The van der Waals surface area contributed by atoms with Gasteiger partial charge < -0.3 is 0 Å². The van der Waals surface area contributed by atoms with Crippen molar-refractivity contribution in [3.63, 3.8) is 0 Å². The highest BCUT2D eigenvalue weighted by Gasteiger charge is 2.33. The zero-order chi connectivity index (χ0) is 22.6. The fourth-order valence-corrected chi connectivity index (χ4v) is 4.69. The first-order chi connectivity index (χ1) is 15.3. The Morgan fingerprint density at radius 2 is 1.84 bits per heavy atom. The van der Waals surface area contributed by atoms with Crippen LogP contribution in [-0.2, 0) is 7.05 Å². The van der Waals surface area contributed by atoms with Crippen molar-refractivity contribution in [1.29, 1.82) is 0 Å². The van der Waals surface area contributed by atoms with E-state index in [1.807, 2.05) is 17.9 Å². The SMILES string of the molecule is Cc1cnc2ccc([C@H](C)N3C[C@H](C)N(n4cc5c(cnc(=O)n5C)n4)C[C@H]3C)cc2n1. The largest absolute Gasteiger partial charge is 0.347 e. The summed E-state index contributed by atoms with van der Waals surface area (Å²) in [4.78, 5) is 29.3. The number of nitrogens with zero attached hydrogens (tertiary/aromatic N) is 8. The Hall–Kier alpha value is -3.33. The summed E-state index contributed by atoms with van der Waals surface area (Å²) in [5.41, 5.74) is 5.27. The molecule has 0 radical (unpaired) electrons. The number of piperazine rings is 1. The Balaban J connectivity index is 1.40. The Morgan fingerprint density at radius 3 is 2.66 bits per heavy atom. The van der Waals surface area contributed by atoms with E-state index in [-0.39, 0.29) is 17.8 Å². The first-order valence-electron chi connectivity index (χ1n) is 11.0. The minimum atomic E-state index is -0.271. The summed E-state index contributed by atoms with van der Waals surface area (Å²) in [7, 11) is 1.73. The normalized spacial score (nSPS) is 20.8. The van der Waals surface area contributed by atoms with Crippen molar-refractivity contribution in [2.24, 2.45) is 7.05 Å². The fraction of sp³-hybridized carbons (Fsp3) is 0.435. The number of aromatic nitrogens is 6. The maximum Gasteiger partial charge on any atom is 0.347 e. The fourth-order valence-electron chi connectivity index (χ4n) is 4.69. The van der Waals surface area contributed by atoms with Crippen molar-refractivity contribution in [3.05, 3.63) is 58.5 Å². The lowest BCUT2D eigenvalue weighted by atomic mass is 10.0. The molecule has 0 bridgehead atoms. The van der Waals surface area contributed by atoms with Gasteiger partial charge in [-0.3, -0.25) is 19.5 Å². The van der Waals surface area contributed by atoms with E-state index in [0.717, 1.165) is 40.9 Å². The zero-order valence-electron chi connectivity index (χ0n) is 19.1. The summed E-state index contributed by atoms with van der Waals surface area (Å²) in [6.07, 6.45) is 5.27. The molecule has 0 unspecified atom stereocenters. The molecule has 3 aromatic heterocycles. The van der Waals surface area contributed by atoms with Gasteiger partial charge in [-0.25, -0.2) is 9.78 Å². The molecule has 1 fully saturated rings. The van der Waals surface area contributed by atoms with Crippen LogP contribution in [0.4, 0.5) is 0 Å². The van der Waals surface area contributed by atoms with Crippen LogP contribution >= 0.6 is 0 Å². The summed E-state index contributed by atoms with van der Waals surface area (Å²) in [6.45, 7) is 10.4. The van der Waals surface area contributed by atoms with Crippen LogP contribution in [0.2, 0.25) is 0 Å². The van der Waals surface area contributed by atoms with Gasteiger partial charge in [0.1, 0.15) is 5.52 Å². The number of rotatable bonds is 3. The monoisotopic (exact) mass is 432 g/mol. The lowest BCUT2D eigenvalue weighted by Gasteiger charge is -2.47. The Bertz CT molecular complexity index is 1360. The molecule has 1 saturated heterocycles. The molecule has 9 nitrogen and oxygen atoms in total. The van der Waals surface area contributed by atoms with Crippen molar-refractivity contribution < 1.29 is 0 Å². The second-order valence-electron chi connectivity index (χ2n) is 8.87. The predicted molar refractivity (Wildman–Crippen MR) is 124 cm³/mol. The molecule has 0 N–H and O–H groups in total. The van der Waals surface area contributed by atoms with E-state index in [4.69, 9.17) is 0 Å². The van der Waals surface area contributed by atoms with Crippen molar-refractivity contribution in [2.45, 2.75) is 45.8 Å². The Kier molecular flexibility index (Phi) is 4.93. The molecule has 3 atom stereocenters. The third-order valence-corrected chi connectivity index (χ3v) is 6.59. The van der Waals surface area contributed by atoms with Gasteiger partial charge in [-0.1, -0.05) is 6.07 Å². The van der Waals surface area contributed by atoms with E-state index >= 15 is 0 Å². The second-order valence-corrected chi connectivity index (χ2v) is 8.87. The standard InChI is InChI=1S/C23H28N8O/c1-14-9-24-19-7-6-18(8-20(19)26-14)17(4)29-11-16(3)30(12-15(29)2)31-13-22-21(27-31)10-25-23(32)28(22)5/h6-10,13,15-17H,11-12H2,1-5H3/t15-,16+,17+/m1/s1. The van der Waals surface area contributed by atoms with E-state index in [1.54, 1.807) is 19.4 Å². The average molecular weight is 433 g/mol. The maximum atomic E-state index is 11.9. The summed E-state index contributed by atoms with van der Waals surface area (Å²) < 4.78 is 1.54. The highest BCUT2D eigenvalue weighted by molar-refractivity contribution is 5.75. The van der Waals surface area contributed by atoms with Gasteiger partial charge in [-0.2, -0.15) is 9.77 Å². The van der Waals surface area contributed by atoms with Crippen LogP contribution in [0.5, 0.6) is 0 Å². The van der Waals surface area contributed by atoms with Gasteiger partial charge in [0, 0.05) is 31.9 Å². The quantitative estimate of drug-likeness (QED) is 0.490. The molecule has 32 heavy (non-hydrogen) atoms. The summed E-state index contributed by atoms with van der Waals surface area (Å²) in [6, 6.07) is 7.20. The molecule has 1 aliphatic rings. The molecule has 9 heteroatoms. The second kappa shape index (κ2) is 7.67. The smallest absolute Gasteiger partial charge is 0.292 e. The molecule has 0 spiro atoms. The van der Waals surface area contributed by atoms with Crippen molar-refractivity contribution >= 4 is 22.1 Å². The van der Waals surface area contributed by atoms with Crippen LogP contribution in [-0.4, -0.2) is 59.5 Å². The lowest BCUT2D eigenvalue weighted by Crippen LogP contribution is -2.60. The number of hydrogen-bond acceptors (Lipinski definition) is 7. The Labute approximate surface area is 186 Å².